The quantitative estimate of drug-likeness (QED) is 0.841. The van der Waals surface area contributed by atoms with Crippen molar-refractivity contribution in [3.63, 3.8) is 0 Å². The van der Waals surface area contributed by atoms with Crippen LogP contribution in [0.4, 0.5) is 11.5 Å². The van der Waals surface area contributed by atoms with E-state index in [4.69, 9.17) is 10.5 Å². The van der Waals surface area contributed by atoms with Crippen LogP contribution in [0.3, 0.4) is 0 Å². The molecule has 1 fully saturated rings. The van der Waals surface area contributed by atoms with E-state index in [2.05, 4.69) is 10.3 Å². The lowest BCUT2D eigenvalue weighted by atomic mass is 10.1. The van der Waals surface area contributed by atoms with Crippen molar-refractivity contribution in [1.82, 2.24) is 9.29 Å². The highest BCUT2D eigenvalue weighted by atomic mass is 32.2. The van der Waals surface area contributed by atoms with Gasteiger partial charge in [-0.05, 0) is 25.0 Å². The summed E-state index contributed by atoms with van der Waals surface area (Å²) in [6.07, 6.45) is 2.75. The summed E-state index contributed by atoms with van der Waals surface area (Å²) >= 11 is 0. The number of hydrogen-bond acceptors (Lipinski definition) is 6. The van der Waals surface area contributed by atoms with Crippen LogP contribution in [0.15, 0.2) is 12.1 Å². The largest absolute Gasteiger partial charge is 0.479 e. The normalized spacial score (nSPS) is 17.9. The molecule has 3 N–H and O–H groups in total. The lowest BCUT2D eigenvalue weighted by Crippen LogP contribution is -2.41. The second kappa shape index (κ2) is 5.84. The first kappa shape index (κ1) is 14.9. The van der Waals surface area contributed by atoms with Gasteiger partial charge in [-0.25, -0.2) is 12.7 Å². The van der Waals surface area contributed by atoms with Gasteiger partial charge < -0.3 is 15.8 Å². The molecule has 0 spiro atoms. The Kier molecular flexibility index (Phi) is 4.34. The second-order valence-electron chi connectivity index (χ2n) is 4.88. The summed E-state index contributed by atoms with van der Waals surface area (Å²) in [6.45, 7) is 1.06. The van der Waals surface area contributed by atoms with Crippen molar-refractivity contribution >= 4 is 21.5 Å². The highest BCUT2D eigenvalue weighted by Gasteiger charge is 2.24. The lowest BCUT2D eigenvalue weighted by molar-refractivity contribution is 0.331. The van der Waals surface area contributed by atoms with Gasteiger partial charge in [-0.15, -0.1) is 0 Å². The van der Waals surface area contributed by atoms with Crippen LogP contribution in [0, 0.1) is 0 Å². The summed E-state index contributed by atoms with van der Waals surface area (Å²) in [5.74, 6) is 1.08. The fraction of sp³-hybridized carbons (Fsp3) is 0.583. The third kappa shape index (κ3) is 3.51. The van der Waals surface area contributed by atoms with Crippen LogP contribution in [-0.4, -0.2) is 50.2 Å². The summed E-state index contributed by atoms with van der Waals surface area (Å²) in [7, 11) is -1.56. The lowest BCUT2D eigenvalue weighted by Gasteiger charge is -2.30. The summed E-state index contributed by atoms with van der Waals surface area (Å²) in [4.78, 5) is 4.26. The van der Waals surface area contributed by atoms with Crippen LogP contribution < -0.4 is 15.8 Å². The number of aromatic nitrogens is 1. The standard InChI is InChI=1S/C12H20N4O3S/c1-19-12-10(13)3-4-11(15-12)14-9-5-7-16(8-6-9)20(2,17)18/h3-4,9H,5-8,13H2,1-2H3,(H,14,15). The Morgan fingerprint density at radius 3 is 2.60 bits per heavy atom. The molecule has 1 aromatic rings. The van der Waals surface area contributed by atoms with Crippen LogP contribution in [0.1, 0.15) is 12.8 Å². The highest BCUT2D eigenvalue weighted by Crippen LogP contribution is 2.22. The molecule has 0 amide bonds. The fourth-order valence-corrected chi connectivity index (χ4v) is 3.11. The van der Waals surface area contributed by atoms with Gasteiger partial charge in [0.25, 0.3) is 0 Å². The fourth-order valence-electron chi connectivity index (χ4n) is 2.24. The van der Waals surface area contributed by atoms with E-state index >= 15 is 0 Å². The molecular formula is C12H20N4O3S. The SMILES string of the molecule is COc1nc(NC2CCN(S(C)(=O)=O)CC2)ccc1N. The average Bonchev–Trinajstić information content (AvgIpc) is 2.40. The molecule has 0 aromatic carbocycles. The first-order valence-electron chi connectivity index (χ1n) is 6.42. The van der Waals surface area contributed by atoms with Crippen molar-refractivity contribution in [1.29, 1.82) is 0 Å². The minimum Gasteiger partial charge on any atom is -0.479 e. The van der Waals surface area contributed by atoms with E-state index in [-0.39, 0.29) is 6.04 Å². The number of nitrogens with two attached hydrogens (primary N) is 1. The van der Waals surface area contributed by atoms with Crippen LogP contribution >= 0.6 is 0 Å². The molecule has 0 aliphatic carbocycles. The maximum absolute atomic E-state index is 11.4. The van der Waals surface area contributed by atoms with Crippen LogP contribution in [-0.2, 0) is 10.0 Å². The van der Waals surface area contributed by atoms with Gasteiger partial charge in [0.1, 0.15) is 5.82 Å². The number of methoxy groups -OCH3 is 1. The van der Waals surface area contributed by atoms with E-state index in [9.17, 15) is 8.42 Å². The number of nitrogens with zero attached hydrogens (tertiary/aromatic N) is 2. The molecule has 1 aromatic heterocycles. The smallest absolute Gasteiger partial charge is 0.238 e. The zero-order chi connectivity index (χ0) is 14.8. The second-order valence-corrected chi connectivity index (χ2v) is 6.86. The van der Waals surface area contributed by atoms with Crippen LogP contribution in [0.2, 0.25) is 0 Å². The summed E-state index contributed by atoms with van der Waals surface area (Å²) < 4.78 is 29.4. The van der Waals surface area contributed by atoms with Gasteiger partial charge >= 0.3 is 0 Å². The molecule has 0 unspecified atom stereocenters. The van der Waals surface area contributed by atoms with Crippen LogP contribution in [0.25, 0.3) is 0 Å². The third-order valence-electron chi connectivity index (χ3n) is 3.36. The topological polar surface area (TPSA) is 97.5 Å². The van der Waals surface area contributed by atoms with E-state index in [0.29, 0.717) is 30.5 Å². The molecule has 1 aliphatic rings. The van der Waals surface area contributed by atoms with E-state index in [0.717, 1.165) is 12.8 Å². The number of rotatable bonds is 4. The van der Waals surface area contributed by atoms with Crippen molar-refractivity contribution in [2.75, 3.05) is 37.5 Å². The number of piperidine rings is 1. The third-order valence-corrected chi connectivity index (χ3v) is 4.66. The molecule has 1 aliphatic heterocycles. The molecule has 0 radical (unpaired) electrons. The number of hydrogen-bond donors (Lipinski definition) is 2. The van der Waals surface area contributed by atoms with E-state index in [1.54, 1.807) is 12.1 Å². The van der Waals surface area contributed by atoms with Gasteiger partial charge in [0.15, 0.2) is 0 Å². The van der Waals surface area contributed by atoms with E-state index in [1.165, 1.54) is 17.7 Å². The maximum Gasteiger partial charge on any atom is 0.238 e. The Balaban J connectivity index is 1.96. The first-order valence-corrected chi connectivity index (χ1v) is 8.27. The van der Waals surface area contributed by atoms with Crippen molar-refractivity contribution in [3.8, 4) is 5.88 Å². The summed E-state index contributed by atoms with van der Waals surface area (Å²) in [5, 5.41) is 3.29. The Hall–Kier alpha value is -1.54. The molecule has 7 nitrogen and oxygen atoms in total. The number of ether oxygens (including phenoxy) is 1. The number of sulfonamides is 1. The Bertz CT molecular complexity index is 568. The maximum atomic E-state index is 11.4. The van der Waals surface area contributed by atoms with Gasteiger partial charge in [0.2, 0.25) is 15.9 Å². The molecule has 2 heterocycles. The van der Waals surface area contributed by atoms with Gasteiger partial charge in [-0.3, -0.25) is 0 Å². The van der Waals surface area contributed by atoms with Crippen molar-refractivity contribution in [2.45, 2.75) is 18.9 Å². The predicted molar refractivity (Wildman–Crippen MR) is 78.3 cm³/mol. The first-order chi connectivity index (χ1) is 9.40. The molecule has 112 valence electrons. The minimum atomic E-state index is -3.09. The van der Waals surface area contributed by atoms with Gasteiger partial charge in [-0.2, -0.15) is 4.98 Å². The summed E-state index contributed by atoms with van der Waals surface area (Å²) in [5.41, 5.74) is 6.20. The molecule has 1 saturated heterocycles. The van der Waals surface area contributed by atoms with Gasteiger partial charge in [0.05, 0.1) is 19.1 Å². The zero-order valence-corrected chi connectivity index (χ0v) is 12.5. The zero-order valence-electron chi connectivity index (χ0n) is 11.7. The number of nitrogens with one attached hydrogen (secondary N) is 1. The van der Waals surface area contributed by atoms with Crippen molar-refractivity contribution in [3.05, 3.63) is 12.1 Å². The Morgan fingerprint density at radius 1 is 1.40 bits per heavy atom. The van der Waals surface area contributed by atoms with Crippen molar-refractivity contribution in [2.24, 2.45) is 0 Å². The average molecular weight is 300 g/mol. The monoisotopic (exact) mass is 300 g/mol. The van der Waals surface area contributed by atoms with Gasteiger partial charge in [-0.1, -0.05) is 0 Å². The number of pyridine rings is 1. The number of anilines is 2. The van der Waals surface area contributed by atoms with Crippen LogP contribution in [0.5, 0.6) is 5.88 Å². The molecule has 0 saturated carbocycles. The molecule has 20 heavy (non-hydrogen) atoms. The predicted octanol–water partition coefficient (Wildman–Crippen LogP) is 0.508. The van der Waals surface area contributed by atoms with Crippen molar-refractivity contribution < 1.29 is 13.2 Å². The minimum absolute atomic E-state index is 0.203. The molecule has 0 atom stereocenters. The molecule has 8 heteroatoms. The van der Waals surface area contributed by atoms with Gasteiger partial charge in [0, 0.05) is 19.1 Å². The summed E-state index contributed by atoms with van der Waals surface area (Å²) in [6, 6.07) is 3.73. The highest BCUT2D eigenvalue weighted by molar-refractivity contribution is 7.88. The molecule has 2 rings (SSSR count). The Labute approximate surface area is 119 Å². The van der Waals surface area contributed by atoms with E-state index < -0.39 is 10.0 Å². The Morgan fingerprint density at radius 2 is 2.05 bits per heavy atom. The molecular weight excluding hydrogens is 280 g/mol. The molecule has 0 bridgehead atoms. The number of nitrogen functional groups attached to an aromatic ring is 1. The van der Waals surface area contributed by atoms with E-state index in [1.807, 2.05) is 0 Å².